The lowest BCUT2D eigenvalue weighted by molar-refractivity contribution is -0.140. The predicted octanol–water partition coefficient (Wildman–Crippen LogP) is 3.84. The quantitative estimate of drug-likeness (QED) is 0.142. The second-order valence-electron chi connectivity index (χ2n) is 7.35. The molecule has 1 fully saturated rings. The van der Waals surface area contributed by atoms with Gasteiger partial charge in [-0.25, -0.2) is 0 Å². The number of esters is 1. The average Bonchev–Trinajstić information content (AvgIpc) is 3.03. The molecular weight excluding hydrogens is 494 g/mol. The number of nitrogens with zero attached hydrogens (tertiary/aromatic N) is 1. The molecule has 1 saturated heterocycles. The van der Waals surface area contributed by atoms with Crippen molar-refractivity contribution in [3.8, 4) is 11.5 Å². The van der Waals surface area contributed by atoms with E-state index in [2.05, 4.69) is 15.9 Å². The standard InChI is InChI=1S/C24H24BrNO7/c1-14(27)33-17-7-4-6-15(12-17)21-20(23(29)24(30)26(21)10-5-11-31-2)22(28)16-8-9-19(32-3)18(25)13-16/h4,6-9,12-13,21,28H,5,10-11H2,1-3H3/b22-20+. The highest BCUT2D eigenvalue weighted by Gasteiger charge is 2.46. The fourth-order valence-electron chi connectivity index (χ4n) is 3.72. The Labute approximate surface area is 199 Å². The number of hydrogen-bond donors (Lipinski definition) is 1. The number of hydrogen-bond acceptors (Lipinski definition) is 7. The van der Waals surface area contributed by atoms with Crippen LogP contribution in [0, 0.1) is 0 Å². The third-order valence-corrected chi connectivity index (χ3v) is 5.77. The van der Waals surface area contributed by atoms with Crippen molar-refractivity contribution in [1.29, 1.82) is 0 Å². The Morgan fingerprint density at radius 2 is 1.91 bits per heavy atom. The monoisotopic (exact) mass is 517 g/mol. The van der Waals surface area contributed by atoms with Crippen LogP contribution in [0.1, 0.15) is 30.5 Å². The first-order valence-corrected chi connectivity index (χ1v) is 11.0. The van der Waals surface area contributed by atoms with E-state index in [4.69, 9.17) is 14.2 Å². The normalized spacial score (nSPS) is 17.3. The van der Waals surface area contributed by atoms with E-state index in [1.807, 2.05) is 0 Å². The minimum Gasteiger partial charge on any atom is -0.507 e. The summed E-state index contributed by atoms with van der Waals surface area (Å²) in [5.74, 6) is -1.49. The smallest absolute Gasteiger partial charge is 0.308 e. The van der Waals surface area contributed by atoms with Crippen LogP contribution in [0.15, 0.2) is 52.5 Å². The Morgan fingerprint density at radius 3 is 2.55 bits per heavy atom. The molecule has 0 saturated carbocycles. The summed E-state index contributed by atoms with van der Waals surface area (Å²) < 4.78 is 16.1. The summed E-state index contributed by atoms with van der Waals surface area (Å²) in [7, 11) is 3.07. The lowest BCUT2D eigenvalue weighted by Crippen LogP contribution is -2.31. The summed E-state index contributed by atoms with van der Waals surface area (Å²) in [5.41, 5.74) is 0.827. The van der Waals surface area contributed by atoms with Crippen LogP contribution in [0.5, 0.6) is 11.5 Å². The molecule has 2 aromatic rings. The maximum Gasteiger partial charge on any atom is 0.308 e. The van der Waals surface area contributed by atoms with Crippen LogP contribution < -0.4 is 9.47 Å². The number of halogens is 1. The van der Waals surface area contributed by atoms with Gasteiger partial charge < -0.3 is 24.2 Å². The summed E-state index contributed by atoms with van der Waals surface area (Å²) in [6.07, 6.45) is 0.498. The molecule has 1 N–H and O–H groups in total. The predicted molar refractivity (Wildman–Crippen MR) is 124 cm³/mol. The number of aliphatic hydroxyl groups is 1. The van der Waals surface area contributed by atoms with Crippen LogP contribution in [0.3, 0.4) is 0 Å². The second-order valence-corrected chi connectivity index (χ2v) is 8.21. The zero-order valence-corrected chi connectivity index (χ0v) is 20.0. The molecule has 0 aromatic heterocycles. The molecule has 9 heteroatoms. The zero-order chi connectivity index (χ0) is 24.1. The number of methoxy groups -OCH3 is 2. The number of amides is 1. The molecule has 33 heavy (non-hydrogen) atoms. The van der Waals surface area contributed by atoms with Gasteiger partial charge in [-0.15, -0.1) is 0 Å². The molecule has 8 nitrogen and oxygen atoms in total. The molecule has 0 radical (unpaired) electrons. The van der Waals surface area contributed by atoms with Gasteiger partial charge in [0.05, 0.1) is 23.2 Å². The Morgan fingerprint density at radius 1 is 1.15 bits per heavy atom. The first-order chi connectivity index (χ1) is 15.8. The fourth-order valence-corrected chi connectivity index (χ4v) is 4.26. The highest BCUT2D eigenvalue weighted by molar-refractivity contribution is 9.10. The largest absolute Gasteiger partial charge is 0.507 e. The fraction of sp³-hybridized carbons (Fsp3) is 0.292. The van der Waals surface area contributed by atoms with Crippen molar-refractivity contribution in [3.63, 3.8) is 0 Å². The molecule has 1 heterocycles. The number of benzene rings is 2. The van der Waals surface area contributed by atoms with E-state index in [9.17, 15) is 19.5 Å². The second kappa shape index (κ2) is 10.6. The van der Waals surface area contributed by atoms with Crippen LogP contribution in [0.25, 0.3) is 5.76 Å². The van der Waals surface area contributed by atoms with E-state index in [1.165, 1.54) is 18.9 Å². The molecule has 1 unspecified atom stereocenters. The zero-order valence-electron chi connectivity index (χ0n) is 18.5. The van der Waals surface area contributed by atoms with Crippen molar-refractivity contribution in [2.45, 2.75) is 19.4 Å². The number of ether oxygens (including phenoxy) is 3. The van der Waals surface area contributed by atoms with Gasteiger partial charge in [0, 0.05) is 32.7 Å². The van der Waals surface area contributed by atoms with Crippen LogP contribution in [-0.2, 0) is 19.1 Å². The summed E-state index contributed by atoms with van der Waals surface area (Å²) in [6, 6.07) is 10.5. The van der Waals surface area contributed by atoms with Gasteiger partial charge in [-0.05, 0) is 58.2 Å². The first-order valence-electron chi connectivity index (χ1n) is 10.2. The van der Waals surface area contributed by atoms with Crippen molar-refractivity contribution < 1.29 is 33.7 Å². The van der Waals surface area contributed by atoms with E-state index >= 15 is 0 Å². The van der Waals surface area contributed by atoms with Crippen molar-refractivity contribution >= 4 is 39.3 Å². The lowest BCUT2D eigenvalue weighted by atomic mass is 9.95. The summed E-state index contributed by atoms with van der Waals surface area (Å²) >= 11 is 3.37. The first kappa shape index (κ1) is 24.5. The topological polar surface area (TPSA) is 102 Å². The van der Waals surface area contributed by atoms with Crippen LogP contribution in [0.4, 0.5) is 0 Å². The van der Waals surface area contributed by atoms with Crippen LogP contribution >= 0.6 is 15.9 Å². The highest BCUT2D eigenvalue weighted by Crippen LogP contribution is 2.41. The van der Waals surface area contributed by atoms with E-state index in [0.717, 1.165) is 0 Å². The molecule has 2 aromatic carbocycles. The van der Waals surface area contributed by atoms with E-state index in [-0.39, 0.29) is 23.6 Å². The van der Waals surface area contributed by atoms with Gasteiger partial charge in [-0.2, -0.15) is 0 Å². The average molecular weight is 518 g/mol. The minimum atomic E-state index is -0.863. The van der Waals surface area contributed by atoms with Crippen LogP contribution in [0.2, 0.25) is 0 Å². The van der Waals surface area contributed by atoms with E-state index < -0.39 is 23.7 Å². The maximum absolute atomic E-state index is 13.1. The summed E-state index contributed by atoms with van der Waals surface area (Å²) in [4.78, 5) is 38.8. The number of aliphatic hydroxyl groups excluding tert-OH is 1. The van der Waals surface area contributed by atoms with Gasteiger partial charge in [0.2, 0.25) is 0 Å². The molecule has 0 aliphatic carbocycles. The van der Waals surface area contributed by atoms with E-state index in [0.29, 0.717) is 34.4 Å². The Bertz CT molecular complexity index is 1110. The third kappa shape index (κ3) is 5.26. The SMILES string of the molecule is COCCCN1C(=O)C(=O)/C(=C(/O)c2ccc(OC)c(Br)c2)C1c1cccc(OC(C)=O)c1. The Hall–Kier alpha value is -3.17. The summed E-state index contributed by atoms with van der Waals surface area (Å²) in [6.45, 7) is 1.92. The van der Waals surface area contributed by atoms with E-state index in [1.54, 1.807) is 49.6 Å². The van der Waals surface area contributed by atoms with Gasteiger partial charge in [0.15, 0.2) is 0 Å². The highest BCUT2D eigenvalue weighted by atomic mass is 79.9. The van der Waals surface area contributed by atoms with Crippen LogP contribution in [-0.4, -0.2) is 55.0 Å². The van der Waals surface area contributed by atoms with Crippen molar-refractivity contribution in [2.75, 3.05) is 27.4 Å². The van der Waals surface area contributed by atoms with Gasteiger partial charge in [0.1, 0.15) is 17.3 Å². The van der Waals surface area contributed by atoms with Crippen molar-refractivity contribution in [3.05, 3.63) is 63.6 Å². The molecule has 174 valence electrons. The molecule has 1 atom stereocenters. The Balaban J connectivity index is 2.14. The van der Waals surface area contributed by atoms with Gasteiger partial charge in [0.25, 0.3) is 11.7 Å². The molecule has 1 amide bonds. The number of carbonyl (C=O) groups is 3. The molecular formula is C24H24BrNO7. The number of ketones is 1. The number of Topliss-reactive ketones (excluding diaryl/α,β-unsaturated/α-hetero) is 1. The Kier molecular flexibility index (Phi) is 7.88. The minimum absolute atomic E-state index is 0.0468. The van der Waals surface area contributed by atoms with Crippen molar-refractivity contribution in [2.24, 2.45) is 0 Å². The number of carbonyl (C=O) groups excluding carboxylic acids is 3. The number of likely N-dealkylation sites (tertiary alicyclic amines) is 1. The summed E-state index contributed by atoms with van der Waals surface area (Å²) in [5, 5.41) is 11.1. The lowest BCUT2D eigenvalue weighted by Gasteiger charge is -2.25. The maximum atomic E-state index is 13.1. The molecule has 0 spiro atoms. The molecule has 1 aliphatic rings. The third-order valence-electron chi connectivity index (χ3n) is 5.15. The molecule has 0 bridgehead atoms. The van der Waals surface area contributed by atoms with Gasteiger partial charge >= 0.3 is 5.97 Å². The molecule has 1 aliphatic heterocycles. The van der Waals surface area contributed by atoms with Gasteiger partial charge in [-0.3, -0.25) is 14.4 Å². The molecule has 3 rings (SSSR count). The number of rotatable bonds is 8. The van der Waals surface area contributed by atoms with Crippen molar-refractivity contribution in [1.82, 2.24) is 4.90 Å². The van der Waals surface area contributed by atoms with Gasteiger partial charge in [-0.1, -0.05) is 12.1 Å².